The molecule has 1 rings (SSSR count). The Morgan fingerprint density at radius 3 is 2.26 bits per heavy atom. The fourth-order valence-corrected chi connectivity index (χ4v) is 1.88. The average molecular weight is 339 g/mol. The molecule has 0 spiro atoms. The summed E-state index contributed by atoms with van der Waals surface area (Å²) in [6.45, 7) is 4.98. The summed E-state index contributed by atoms with van der Waals surface area (Å²) in [5, 5.41) is 0.277. The van der Waals surface area contributed by atoms with E-state index in [0.29, 0.717) is 5.56 Å². The van der Waals surface area contributed by atoms with Crippen molar-refractivity contribution >= 4 is 21.9 Å². The van der Waals surface area contributed by atoms with E-state index in [1.54, 1.807) is 20.8 Å². The minimum absolute atomic E-state index is 0.0679. The van der Waals surface area contributed by atoms with Gasteiger partial charge in [0.15, 0.2) is 0 Å². The van der Waals surface area contributed by atoms with Crippen molar-refractivity contribution < 1.29 is 22.7 Å². The largest absolute Gasteiger partial charge is 0.456 e. The van der Waals surface area contributed by atoms with E-state index >= 15 is 0 Å². The molecule has 0 radical (unpaired) electrons. The molecule has 0 bridgehead atoms. The third-order valence-electron chi connectivity index (χ3n) is 2.20. The number of ether oxygens (including phenoxy) is 1. The second kappa shape index (κ2) is 5.53. The van der Waals surface area contributed by atoms with Crippen LogP contribution in [-0.4, -0.2) is 11.6 Å². The van der Waals surface area contributed by atoms with E-state index in [1.165, 1.54) is 6.07 Å². The Hall–Kier alpha value is -1.04. The van der Waals surface area contributed by atoms with Gasteiger partial charge in [0.05, 0.1) is 11.1 Å². The minimum atomic E-state index is -4.48. The van der Waals surface area contributed by atoms with Gasteiger partial charge in [0.2, 0.25) is 0 Å². The normalized spacial score (nSPS) is 12.4. The molecular weight excluding hydrogens is 325 g/mol. The summed E-state index contributed by atoms with van der Waals surface area (Å²) in [4.78, 5) is 11.9. The first-order valence-electron chi connectivity index (χ1n) is 5.54. The van der Waals surface area contributed by atoms with Crippen LogP contribution in [0.25, 0.3) is 0 Å². The maximum Gasteiger partial charge on any atom is 0.416 e. The number of hydrogen-bond acceptors (Lipinski definition) is 2. The Balaban J connectivity index is 3.20. The number of alkyl halides is 4. The number of rotatable bonds is 2. The summed E-state index contributed by atoms with van der Waals surface area (Å²) < 4.78 is 43.0. The minimum Gasteiger partial charge on any atom is -0.456 e. The second-order valence-corrected chi connectivity index (χ2v) is 5.57. The maximum absolute atomic E-state index is 12.6. The smallest absolute Gasteiger partial charge is 0.416 e. The molecule has 0 aliphatic rings. The molecule has 2 nitrogen and oxygen atoms in total. The lowest BCUT2D eigenvalue weighted by molar-refractivity contribution is -0.137. The van der Waals surface area contributed by atoms with Crippen LogP contribution in [0.4, 0.5) is 13.2 Å². The summed E-state index contributed by atoms with van der Waals surface area (Å²) in [5.74, 6) is -0.756. The van der Waals surface area contributed by atoms with Crippen molar-refractivity contribution in [2.45, 2.75) is 37.9 Å². The van der Waals surface area contributed by atoms with E-state index in [-0.39, 0.29) is 10.9 Å². The van der Waals surface area contributed by atoms with Crippen LogP contribution in [0.3, 0.4) is 0 Å². The van der Waals surface area contributed by atoms with E-state index in [2.05, 4.69) is 15.9 Å². The Kier molecular flexibility index (Phi) is 4.66. The van der Waals surface area contributed by atoms with E-state index < -0.39 is 23.3 Å². The number of halogens is 4. The highest BCUT2D eigenvalue weighted by Gasteiger charge is 2.32. The third kappa shape index (κ3) is 4.53. The van der Waals surface area contributed by atoms with Crippen LogP contribution in [0, 0.1) is 0 Å². The molecule has 0 atom stereocenters. The molecule has 0 heterocycles. The van der Waals surface area contributed by atoms with Gasteiger partial charge >= 0.3 is 12.1 Å². The predicted octanol–water partition coefficient (Wildman–Crippen LogP) is 4.56. The first kappa shape index (κ1) is 16.0. The highest BCUT2D eigenvalue weighted by atomic mass is 79.9. The molecule has 0 aliphatic carbocycles. The highest BCUT2D eigenvalue weighted by molar-refractivity contribution is 9.08. The van der Waals surface area contributed by atoms with E-state index in [4.69, 9.17) is 4.74 Å². The van der Waals surface area contributed by atoms with Crippen LogP contribution in [0.15, 0.2) is 18.2 Å². The highest BCUT2D eigenvalue weighted by Crippen LogP contribution is 2.31. The van der Waals surface area contributed by atoms with Gasteiger partial charge in [-0.3, -0.25) is 0 Å². The van der Waals surface area contributed by atoms with E-state index in [0.717, 1.165) is 12.1 Å². The summed E-state index contributed by atoms with van der Waals surface area (Å²) in [7, 11) is 0. The molecule has 0 aliphatic heterocycles. The standard InChI is InChI=1S/C13H14BrF3O2/c1-12(2,3)19-11(18)10-6-9(13(15,16)17)5-4-8(10)7-14/h4-6H,7H2,1-3H3. The van der Waals surface area contributed by atoms with Crippen LogP contribution >= 0.6 is 15.9 Å². The second-order valence-electron chi connectivity index (χ2n) is 5.01. The first-order chi connectivity index (χ1) is 8.54. The lowest BCUT2D eigenvalue weighted by Gasteiger charge is -2.21. The van der Waals surface area contributed by atoms with Crippen LogP contribution in [-0.2, 0) is 16.2 Å². The number of carbonyl (C=O) groups is 1. The summed E-state index contributed by atoms with van der Waals surface area (Å²) in [5.41, 5.74) is -1.23. The fraction of sp³-hybridized carbons (Fsp3) is 0.462. The van der Waals surface area contributed by atoms with Crippen molar-refractivity contribution in [2.75, 3.05) is 0 Å². The molecule has 19 heavy (non-hydrogen) atoms. The Morgan fingerprint density at radius 2 is 1.84 bits per heavy atom. The third-order valence-corrected chi connectivity index (χ3v) is 2.80. The Morgan fingerprint density at radius 1 is 1.26 bits per heavy atom. The van der Waals surface area contributed by atoms with E-state index in [1.807, 2.05) is 0 Å². The molecule has 0 fully saturated rings. The van der Waals surface area contributed by atoms with Crippen molar-refractivity contribution in [1.82, 2.24) is 0 Å². The Labute approximate surface area is 118 Å². The zero-order chi connectivity index (χ0) is 14.8. The van der Waals surface area contributed by atoms with Crippen LogP contribution in [0.5, 0.6) is 0 Å². The van der Waals surface area contributed by atoms with E-state index in [9.17, 15) is 18.0 Å². The number of carbonyl (C=O) groups excluding carboxylic acids is 1. The zero-order valence-electron chi connectivity index (χ0n) is 10.8. The van der Waals surface area contributed by atoms with Crippen molar-refractivity contribution in [3.63, 3.8) is 0 Å². The van der Waals surface area contributed by atoms with Gasteiger partial charge in [0.25, 0.3) is 0 Å². The molecule has 1 aromatic carbocycles. The van der Waals surface area contributed by atoms with Crippen molar-refractivity contribution in [3.05, 3.63) is 34.9 Å². The van der Waals surface area contributed by atoms with Crippen molar-refractivity contribution in [1.29, 1.82) is 0 Å². The summed E-state index contributed by atoms with van der Waals surface area (Å²) in [6.07, 6.45) is -4.48. The average Bonchev–Trinajstić information content (AvgIpc) is 2.24. The molecule has 0 amide bonds. The Bertz CT molecular complexity index is 476. The molecule has 0 saturated carbocycles. The molecule has 0 saturated heterocycles. The summed E-state index contributed by atoms with van der Waals surface area (Å²) in [6, 6.07) is 3.05. The van der Waals surface area contributed by atoms with Gasteiger partial charge in [-0.25, -0.2) is 4.79 Å². The fourth-order valence-electron chi connectivity index (χ4n) is 1.39. The van der Waals surface area contributed by atoms with Gasteiger partial charge in [-0.1, -0.05) is 22.0 Å². The molecule has 0 aromatic heterocycles. The molecular formula is C13H14BrF3O2. The van der Waals surface area contributed by atoms with Crippen LogP contribution in [0.2, 0.25) is 0 Å². The van der Waals surface area contributed by atoms with Gasteiger partial charge in [-0.2, -0.15) is 13.2 Å². The number of esters is 1. The molecule has 0 unspecified atom stereocenters. The SMILES string of the molecule is CC(C)(C)OC(=O)c1cc(C(F)(F)F)ccc1CBr. The van der Waals surface area contributed by atoms with Crippen molar-refractivity contribution in [2.24, 2.45) is 0 Å². The van der Waals surface area contributed by atoms with Gasteiger partial charge < -0.3 is 4.74 Å². The van der Waals surface area contributed by atoms with Gasteiger partial charge in [0, 0.05) is 5.33 Å². The molecule has 0 N–H and O–H groups in total. The lowest BCUT2D eigenvalue weighted by Crippen LogP contribution is -2.24. The molecule has 106 valence electrons. The quantitative estimate of drug-likeness (QED) is 0.583. The molecule has 1 aromatic rings. The zero-order valence-corrected chi connectivity index (χ0v) is 12.4. The topological polar surface area (TPSA) is 26.3 Å². The number of hydrogen-bond donors (Lipinski definition) is 0. The lowest BCUT2D eigenvalue weighted by atomic mass is 10.0. The predicted molar refractivity (Wildman–Crippen MR) is 69.2 cm³/mol. The number of benzene rings is 1. The van der Waals surface area contributed by atoms with Crippen LogP contribution in [0.1, 0.15) is 42.3 Å². The molecule has 6 heteroatoms. The maximum atomic E-state index is 12.6. The monoisotopic (exact) mass is 338 g/mol. The van der Waals surface area contributed by atoms with Gasteiger partial charge in [-0.15, -0.1) is 0 Å². The van der Waals surface area contributed by atoms with Crippen LogP contribution < -0.4 is 0 Å². The first-order valence-corrected chi connectivity index (χ1v) is 6.66. The van der Waals surface area contributed by atoms with Crippen molar-refractivity contribution in [3.8, 4) is 0 Å². The van der Waals surface area contributed by atoms with Gasteiger partial charge in [0.1, 0.15) is 5.60 Å². The van der Waals surface area contributed by atoms with Gasteiger partial charge in [-0.05, 0) is 38.5 Å². The summed E-state index contributed by atoms with van der Waals surface area (Å²) >= 11 is 3.14.